The lowest BCUT2D eigenvalue weighted by molar-refractivity contribution is 0.195. The molecular formula is C54H49BN2. The van der Waals surface area contributed by atoms with E-state index >= 15 is 0 Å². The van der Waals surface area contributed by atoms with E-state index < -0.39 is 0 Å². The highest BCUT2D eigenvalue weighted by molar-refractivity contribution is 6.93. The Labute approximate surface area is 338 Å². The Morgan fingerprint density at radius 1 is 0.526 bits per heavy atom. The fraction of sp³-hybridized carbons (Fsp3) is 0.222. The highest BCUT2D eigenvalue weighted by Gasteiger charge is 2.62. The van der Waals surface area contributed by atoms with E-state index in [1.54, 1.807) is 5.56 Å². The van der Waals surface area contributed by atoms with Gasteiger partial charge in [-0.15, -0.1) is 0 Å². The summed E-state index contributed by atoms with van der Waals surface area (Å²) in [4.78, 5) is 5.57. The van der Waals surface area contributed by atoms with Gasteiger partial charge in [0.25, 0.3) is 0 Å². The number of benzene rings is 7. The molecule has 1 saturated carbocycles. The van der Waals surface area contributed by atoms with Gasteiger partial charge in [-0.05, 0) is 117 Å². The Kier molecular flexibility index (Phi) is 7.47. The quantitative estimate of drug-likeness (QED) is 0.166. The van der Waals surface area contributed by atoms with E-state index in [9.17, 15) is 0 Å². The molecular weight excluding hydrogens is 687 g/mol. The van der Waals surface area contributed by atoms with Gasteiger partial charge in [0.1, 0.15) is 0 Å². The molecule has 57 heavy (non-hydrogen) atoms. The minimum absolute atomic E-state index is 0.00410. The zero-order chi connectivity index (χ0) is 38.7. The molecule has 11 rings (SSSR count). The number of rotatable bonds is 4. The lowest BCUT2D eigenvalue weighted by atomic mass is 9.43. The number of hydrogen-bond acceptors (Lipinski definition) is 2. The van der Waals surface area contributed by atoms with E-state index in [1.807, 2.05) is 0 Å². The van der Waals surface area contributed by atoms with Crippen LogP contribution >= 0.6 is 0 Å². The first-order chi connectivity index (χ1) is 27.6. The van der Waals surface area contributed by atoms with Crippen LogP contribution in [0.15, 0.2) is 158 Å². The van der Waals surface area contributed by atoms with Gasteiger partial charge in [-0.25, -0.2) is 0 Å². The van der Waals surface area contributed by atoms with Gasteiger partial charge >= 0.3 is 6.85 Å². The van der Waals surface area contributed by atoms with Crippen LogP contribution in [0.1, 0.15) is 71.4 Å². The first-order valence-corrected chi connectivity index (χ1v) is 21.0. The molecule has 2 atom stereocenters. The highest BCUT2D eigenvalue weighted by atomic mass is 15.3. The van der Waals surface area contributed by atoms with Crippen molar-refractivity contribution in [3.8, 4) is 44.5 Å². The van der Waals surface area contributed by atoms with Crippen molar-refractivity contribution in [3.63, 3.8) is 0 Å². The summed E-state index contributed by atoms with van der Waals surface area (Å²) >= 11 is 0. The summed E-state index contributed by atoms with van der Waals surface area (Å²) in [6.45, 7) is 12.4. The molecule has 3 heterocycles. The minimum Gasteiger partial charge on any atom is -0.376 e. The summed E-state index contributed by atoms with van der Waals surface area (Å²) in [5.41, 5.74) is 21.3. The molecule has 4 aliphatic rings. The number of nitrogens with zero attached hydrogens (tertiary/aromatic N) is 2. The molecule has 2 unspecified atom stereocenters. The molecule has 0 aromatic heterocycles. The van der Waals surface area contributed by atoms with Gasteiger partial charge in [0, 0.05) is 33.7 Å². The van der Waals surface area contributed by atoms with E-state index in [2.05, 4.69) is 202 Å². The molecule has 2 nitrogen and oxygen atoms in total. The van der Waals surface area contributed by atoms with Crippen LogP contribution in [0.3, 0.4) is 0 Å². The molecule has 0 spiro atoms. The average Bonchev–Trinajstić information content (AvgIpc) is 3.46. The number of hydrogen-bond donors (Lipinski definition) is 0. The van der Waals surface area contributed by atoms with Crippen molar-refractivity contribution in [2.24, 2.45) is 0 Å². The van der Waals surface area contributed by atoms with E-state index in [0.29, 0.717) is 0 Å². The van der Waals surface area contributed by atoms with E-state index in [0.717, 1.165) is 0 Å². The highest BCUT2D eigenvalue weighted by Crippen LogP contribution is 2.63. The van der Waals surface area contributed by atoms with Crippen molar-refractivity contribution in [3.05, 3.63) is 169 Å². The van der Waals surface area contributed by atoms with Crippen molar-refractivity contribution in [2.75, 3.05) is 9.71 Å². The van der Waals surface area contributed by atoms with Gasteiger partial charge in [-0.2, -0.15) is 0 Å². The number of fused-ring (bicyclic) bond motifs is 7. The smallest absolute Gasteiger partial charge is 0.333 e. The molecule has 1 aliphatic carbocycles. The Morgan fingerprint density at radius 2 is 1.09 bits per heavy atom. The van der Waals surface area contributed by atoms with Gasteiger partial charge in [0.2, 0.25) is 0 Å². The van der Waals surface area contributed by atoms with Crippen molar-refractivity contribution >= 4 is 40.5 Å². The lowest BCUT2D eigenvalue weighted by Crippen LogP contribution is -2.64. The first kappa shape index (κ1) is 34.5. The summed E-state index contributed by atoms with van der Waals surface area (Å²) in [7, 11) is 0. The average molecular weight is 737 g/mol. The second-order valence-electron chi connectivity index (χ2n) is 18.5. The van der Waals surface area contributed by atoms with E-state index in [-0.39, 0.29) is 23.2 Å². The maximum Gasteiger partial charge on any atom is 0.333 e. The molecule has 3 aliphatic heterocycles. The Morgan fingerprint density at radius 3 is 1.74 bits per heavy atom. The maximum absolute atomic E-state index is 2.87. The maximum atomic E-state index is 2.87. The minimum atomic E-state index is -0.0491. The first-order valence-electron chi connectivity index (χ1n) is 21.0. The topological polar surface area (TPSA) is 6.48 Å². The zero-order valence-electron chi connectivity index (χ0n) is 33.8. The predicted octanol–water partition coefficient (Wildman–Crippen LogP) is 13.0. The largest absolute Gasteiger partial charge is 0.376 e. The molecule has 7 aromatic carbocycles. The van der Waals surface area contributed by atoms with Gasteiger partial charge in [-0.1, -0.05) is 168 Å². The SMILES string of the molecule is CC(C)(C)c1cc2c3c(c1)C1(C)CCCCC1(C)N3c1cc(-c3ccccc3)cc3c1B2N(c1ccc(-c2ccccc2)cc1)c1cc(-c2ccccc2)ccc1-3. The van der Waals surface area contributed by atoms with Crippen LogP contribution in [0.5, 0.6) is 0 Å². The van der Waals surface area contributed by atoms with Crippen LogP contribution in [0, 0.1) is 0 Å². The van der Waals surface area contributed by atoms with Crippen molar-refractivity contribution in [2.45, 2.75) is 76.7 Å². The van der Waals surface area contributed by atoms with Gasteiger partial charge in [-0.3, -0.25) is 0 Å². The molecule has 1 fully saturated rings. The molecule has 3 heteroatoms. The Bertz CT molecular complexity index is 2700. The van der Waals surface area contributed by atoms with Crippen molar-refractivity contribution < 1.29 is 0 Å². The van der Waals surface area contributed by atoms with Crippen molar-refractivity contribution in [1.29, 1.82) is 0 Å². The predicted molar refractivity (Wildman–Crippen MR) is 243 cm³/mol. The van der Waals surface area contributed by atoms with Gasteiger partial charge < -0.3 is 9.71 Å². The van der Waals surface area contributed by atoms with Crippen molar-refractivity contribution in [1.82, 2.24) is 0 Å². The van der Waals surface area contributed by atoms with Gasteiger partial charge in [0.05, 0.1) is 5.54 Å². The zero-order valence-corrected chi connectivity index (χ0v) is 33.8. The van der Waals surface area contributed by atoms with Crippen LogP contribution in [-0.4, -0.2) is 12.4 Å². The summed E-state index contributed by atoms with van der Waals surface area (Å²) in [6.07, 6.45) is 4.91. The van der Waals surface area contributed by atoms with Crippen LogP contribution in [0.2, 0.25) is 0 Å². The summed E-state index contributed by atoms with van der Waals surface area (Å²) in [5.74, 6) is 0. The fourth-order valence-electron chi connectivity index (χ4n) is 11.1. The third-order valence-corrected chi connectivity index (χ3v) is 14.3. The monoisotopic (exact) mass is 736 g/mol. The van der Waals surface area contributed by atoms with E-state index in [4.69, 9.17) is 0 Å². The van der Waals surface area contributed by atoms with Crippen LogP contribution in [0.4, 0.5) is 22.7 Å². The molecule has 0 bridgehead atoms. The molecule has 0 amide bonds. The Hall–Kier alpha value is -5.80. The summed E-state index contributed by atoms with van der Waals surface area (Å²) in [6, 6.07) is 59.6. The lowest BCUT2D eigenvalue weighted by Gasteiger charge is -2.53. The van der Waals surface area contributed by atoms with Crippen LogP contribution in [0.25, 0.3) is 44.5 Å². The Balaban J connectivity index is 1.26. The molecule has 0 radical (unpaired) electrons. The summed E-state index contributed by atoms with van der Waals surface area (Å²) < 4.78 is 0. The second kappa shape index (κ2) is 12.4. The normalized spacial score (nSPS) is 20.1. The fourth-order valence-corrected chi connectivity index (χ4v) is 11.1. The molecule has 0 N–H and O–H groups in total. The van der Waals surface area contributed by atoms with Gasteiger partial charge in [0.15, 0.2) is 0 Å². The third-order valence-electron chi connectivity index (χ3n) is 14.3. The number of anilines is 4. The third kappa shape index (κ3) is 4.97. The summed E-state index contributed by atoms with van der Waals surface area (Å²) in [5, 5.41) is 0. The molecule has 278 valence electrons. The second-order valence-corrected chi connectivity index (χ2v) is 18.5. The van der Waals surface area contributed by atoms with Crippen LogP contribution < -0.4 is 20.6 Å². The van der Waals surface area contributed by atoms with E-state index in [1.165, 1.54) is 109 Å². The molecule has 7 aromatic rings. The molecule has 0 saturated heterocycles. The van der Waals surface area contributed by atoms with Crippen LogP contribution in [-0.2, 0) is 10.8 Å². The standard InChI is InChI=1S/C54H49BN2/c1-52(2,3)42-34-46-51-47(35-42)55-50-45(31-41(38-21-13-8-14-22-38)33-49(50)56(51)54(5)30-16-15-29-53(46,54)4)44-28-25-40(37-19-11-7-12-20-37)32-48(44)57(55)43-26-23-39(24-27-43)36-17-9-6-10-18-36/h6-14,17-28,31-35H,15-16,29-30H2,1-5H3.